The summed E-state index contributed by atoms with van der Waals surface area (Å²) in [6, 6.07) is 6.59. The minimum atomic E-state index is -0.589. The Kier molecular flexibility index (Phi) is 8.36. The maximum Gasteiger partial charge on any atom is 0.322 e. The van der Waals surface area contributed by atoms with Gasteiger partial charge in [0.1, 0.15) is 23.3 Å². The van der Waals surface area contributed by atoms with Crippen molar-refractivity contribution in [2.75, 3.05) is 20.8 Å². The first-order valence-corrected chi connectivity index (χ1v) is 11.9. The molecule has 1 aromatic carbocycles. The Balaban J connectivity index is 1.72. The quantitative estimate of drug-likeness (QED) is 0.457. The zero-order valence-corrected chi connectivity index (χ0v) is 20.8. The monoisotopic (exact) mass is 471 g/mol. The minimum absolute atomic E-state index is 0.0501. The van der Waals surface area contributed by atoms with Crippen LogP contribution in [0.15, 0.2) is 24.3 Å². The summed E-state index contributed by atoms with van der Waals surface area (Å²) in [5.41, 5.74) is 1.22. The first-order valence-electron chi connectivity index (χ1n) is 11.9. The molecule has 1 fully saturated rings. The third kappa shape index (κ3) is 6.59. The number of Topliss-reactive ketones (excluding diaryl/α,β-unsaturated/α-hetero) is 1. The van der Waals surface area contributed by atoms with Crippen LogP contribution < -0.4 is 15.4 Å². The predicted octanol–water partition coefficient (Wildman–Crippen LogP) is 3.60. The molecule has 1 saturated carbocycles. The predicted molar refractivity (Wildman–Crippen MR) is 131 cm³/mol. The van der Waals surface area contributed by atoms with Gasteiger partial charge in [0.15, 0.2) is 0 Å². The van der Waals surface area contributed by atoms with Crippen LogP contribution in [0.3, 0.4) is 0 Å². The molecule has 0 spiro atoms. The van der Waals surface area contributed by atoms with E-state index < -0.39 is 6.04 Å². The number of amides is 1. The van der Waals surface area contributed by atoms with E-state index in [1.54, 1.807) is 13.2 Å². The molecular weight excluding hydrogens is 434 g/mol. The molecule has 1 aliphatic carbocycles. The van der Waals surface area contributed by atoms with Gasteiger partial charge in [-0.2, -0.15) is 0 Å². The smallest absolute Gasteiger partial charge is 0.322 e. The Bertz CT molecular complexity index is 1020. The second kappa shape index (κ2) is 11.0. The molecule has 186 valence electrons. The molecule has 0 saturated heterocycles. The van der Waals surface area contributed by atoms with Gasteiger partial charge in [-0.1, -0.05) is 26.8 Å². The van der Waals surface area contributed by atoms with Gasteiger partial charge in [-0.15, -0.1) is 0 Å². The number of aromatic amines is 1. The highest BCUT2D eigenvalue weighted by Crippen LogP contribution is 2.27. The number of ketones is 1. The molecule has 0 aliphatic heterocycles. The molecule has 8 nitrogen and oxygen atoms in total. The highest BCUT2D eigenvalue weighted by Gasteiger charge is 2.32. The second-order valence-corrected chi connectivity index (χ2v) is 10.3. The molecule has 0 radical (unpaired) electrons. The summed E-state index contributed by atoms with van der Waals surface area (Å²) in [5, 5.41) is 7.22. The van der Waals surface area contributed by atoms with Crippen molar-refractivity contribution in [1.29, 1.82) is 0 Å². The third-order valence-corrected chi connectivity index (χ3v) is 6.33. The van der Waals surface area contributed by atoms with E-state index in [-0.39, 0.29) is 35.0 Å². The topological polar surface area (TPSA) is 110 Å². The minimum Gasteiger partial charge on any atom is -0.496 e. The third-order valence-electron chi connectivity index (χ3n) is 6.33. The van der Waals surface area contributed by atoms with Crippen molar-refractivity contribution in [1.82, 2.24) is 15.6 Å². The van der Waals surface area contributed by atoms with Crippen LogP contribution in [-0.4, -0.2) is 55.5 Å². The number of carbonyl (C=O) groups is 3. The fourth-order valence-electron chi connectivity index (χ4n) is 4.72. The van der Waals surface area contributed by atoms with E-state index in [4.69, 9.17) is 9.47 Å². The molecule has 1 aliphatic rings. The second-order valence-electron chi connectivity index (χ2n) is 10.3. The molecule has 1 heterocycles. The lowest BCUT2D eigenvalue weighted by Gasteiger charge is -2.29. The average Bonchev–Trinajstić information content (AvgIpc) is 3.40. The Morgan fingerprint density at radius 1 is 1.24 bits per heavy atom. The highest BCUT2D eigenvalue weighted by atomic mass is 16.5. The summed E-state index contributed by atoms with van der Waals surface area (Å²) < 4.78 is 10.4. The molecule has 3 N–H and O–H groups in total. The number of benzene rings is 1. The molecule has 2 aromatic rings. The molecule has 8 heteroatoms. The molecule has 1 amide bonds. The first kappa shape index (κ1) is 25.7. The lowest BCUT2D eigenvalue weighted by Crippen LogP contribution is -2.49. The number of rotatable bonds is 10. The van der Waals surface area contributed by atoms with E-state index in [9.17, 15) is 14.4 Å². The van der Waals surface area contributed by atoms with Crippen molar-refractivity contribution in [3.8, 4) is 5.75 Å². The summed E-state index contributed by atoms with van der Waals surface area (Å²) in [7, 11) is 2.95. The van der Waals surface area contributed by atoms with E-state index in [2.05, 4.69) is 36.4 Å². The lowest BCUT2D eigenvalue weighted by molar-refractivity contribution is -0.143. The van der Waals surface area contributed by atoms with Crippen molar-refractivity contribution in [2.24, 2.45) is 11.3 Å². The average molecular weight is 472 g/mol. The van der Waals surface area contributed by atoms with E-state index in [1.807, 2.05) is 18.2 Å². The van der Waals surface area contributed by atoms with Crippen LogP contribution in [0, 0.1) is 11.3 Å². The van der Waals surface area contributed by atoms with E-state index >= 15 is 0 Å². The summed E-state index contributed by atoms with van der Waals surface area (Å²) in [5.74, 6) is 0.180. The van der Waals surface area contributed by atoms with Gasteiger partial charge in [-0.25, -0.2) is 0 Å². The Morgan fingerprint density at radius 2 is 2.00 bits per heavy atom. The van der Waals surface area contributed by atoms with E-state index in [0.717, 1.165) is 23.7 Å². The molecular formula is C26H37N3O5. The van der Waals surface area contributed by atoms with E-state index in [1.165, 1.54) is 7.11 Å². The number of hydrogen-bond acceptors (Lipinski definition) is 6. The Labute approximate surface area is 201 Å². The maximum absolute atomic E-state index is 13.1. The first-order chi connectivity index (χ1) is 16.1. The molecule has 3 atom stereocenters. The summed E-state index contributed by atoms with van der Waals surface area (Å²) in [6.07, 6.45) is 3.38. The molecule has 1 aromatic heterocycles. The van der Waals surface area contributed by atoms with Gasteiger partial charge < -0.3 is 25.1 Å². The van der Waals surface area contributed by atoms with Crippen LogP contribution in [0.5, 0.6) is 5.75 Å². The fraction of sp³-hybridized carbons (Fsp3) is 0.577. The van der Waals surface area contributed by atoms with Crippen molar-refractivity contribution in [3.05, 3.63) is 30.0 Å². The number of aromatic nitrogens is 1. The largest absolute Gasteiger partial charge is 0.496 e. The normalized spacial score (nSPS) is 18.0. The van der Waals surface area contributed by atoms with Crippen LogP contribution in [-0.2, 0) is 14.3 Å². The van der Waals surface area contributed by atoms with Crippen molar-refractivity contribution in [3.63, 3.8) is 0 Å². The van der Waals surface area contributed by atoms with Crippen LogP contribution in [0.2, 0.25) is 0 Å². The van der Waals surface area contributed by atoms with Crippen LogP contribution in [0.25, 0.3) is 10.9 Å². The lowest BCUT2D eigenvalue weighted by atomic mass is 9.87. The van der Waals surface area contributed by atoms with Crippen molar-refractivity contribution in [2.45, 2.75) is 65.0 Å². The van der Waals surface area contributed by atoms with Gasteiger partial charge in [0.05, 0.1) is 14.2 Å². The number of esters is 1. The van der Waals surface area contributed by atoms with Crippen LogP contribution in [0.4, 0.5) is 0 Å². The highest BCUT2D eigenvalue weighted by molar-refractivity contribution is 5.99. The fourth-order valence-corrected chi connectivity index (χ4v) is 4.72. The zero-order valence-electron chi connectivity index (χ0n) is 20.8. The zero-order chi connectivity index (χ0) is 24.9. The summed E-state index contributed by atoms with van der Waals surface area (Å²) in [4.78, 5) is 40.8. The number of ether oxygens (including phenoxy) is 2. The van der Waals surface area contributed by atoms with Crippen LogP contribution >= 0.6 is 0 Å². The Morgan fingerprint density at radius 3 is 2.62 bits per heavy atom. The maximum atomic E-state index is 13.1. The standard InChI is InChI=1S/C26H37N3O5/c1-26(2,3)14-17(15-27-21(25(32)34-5)12-16-8-6-10-22(16)30)28-24(31)20-13-18-19(29-20)9-7-11-23(18)33-4/h7,9,11,13,16-17,21,27,29H,6,8,10,12,14-15H2,1-5H3,(H,28,31)/t16-,17-,21-/m0/s1. The molecule has 34 heavy (non-hydrogen) atoms. The van der Waals surface area contributed by atoms with Gasteiger partial charge in [0.2, 0.25) is 0 Å². The van der Waals surface area contributed by atoms with Crippen molar-refractivity contribution >= 4 is 28.6 Å². The van der Waals surface area contributed by atoms with Crippen LogP contribution in [0.1, 0.15) is 63.4 Å². The summed E-state index contributed by atoms with van der Waals surface area (Å²) >= 11 is 0. The number of hydrogen-bond donors (Lipinski definition) is 3. The number of carbonyl (C=O) groups excluding carboxylic acids is 3. The van der Waals surface area contributed by atoms with Gasteiger partial charge >= 0.3 is 5.97 Å². The molecule has 0 bridgehead atoms. The SMILES string of the molecule is COC(=O)[C@H](C[C@@H]1CCCC1=O)NC[C@H](CC(C)(C)C)NC(=O)c1cc2c(OC)cccc2[nH]1. The number of methoxy groups -OCH3 is 2. The van der Waals surface area contributed by atoms with Gasteiger partial charge in [0, 0.05) is 35.8 Å². The molecule has 0 unspecified atom stereocenters. The van der Waals surface area contributed by atoms with Crippen molar-refractivity contribution < 1.29 is 23.9 Å². The Hall–Kier alpha value is -2.87. The van der Waals surface area contributed by atoms with Gasteiger partial charge in [-0.05, 0) is 49.3 Å². The number of H-pyrrole nitrogens is 1. The van der Waals surface area contributed by atoms with Gasteiger partial charge in [0.25, 0.3) is 5.91 Å². The number of nitrogens with one attached hydrogen (secondary N) is 3. The van der Waals surface area contributed by atoms with Gasteiger partial charge in [-0.3, -0.25) is 14.4 Å². The number of fused-ring (bicyclic) bond motifs is 1. The summed E-state index contributed by atoms with van der Waals surface area (Å²) in [6.45, 7) is 6.70. The molecule has 3 rings (SSSR count). The van der Waals surface area contributed by atoms with E-state index in [0.29, 0.717) is 37.3 Å².